The number of nitrogens with zero attached hydrogens (tertiary/aromatic N) is 2. The third-order valence-corrected chi connectivity index (χ3v) is 3.78. The maximum atomic E-state index is 12.2. The fourth-order valence-corrected chi connectivity index (χ4v) is 2.54. The molecule has 1 aromatic heterocycles. The molecule has 0 bridgehead atoms. The molecule has 1 fully saturated rings. The fraction of sp³-hybridized carbons (Fsp3) is 0.438. The Balaban J connectivity index is 1.74. The number of amides is 2. The van der Waals surface area contributed by atoms with E-state index in [-0.39, 0.29) is 12.1 Å². The van der Waals surface area contributed by atoms with Crippen molar-refractivity contribution in [1.29, 1.82) is 0 Å². The second-order valence-corrected chi connectivity index (χ2v) is 5.53. The number of nitrogens with one attached hydrogen (secondary N) is 2. The zero-order valence-corrected chi connectivity index (χ0v) is 13.7. The summed E-state index contributed by atoms with van der Waals surface area (Å²) in [5, 5.41) is 13.6. The molecule has 8 heteroatoms. The van der Waals surface area contributed by atoms with E-state index in [1.807, 2.05) is 0 Å². The number of ether oxygens (including phenoxy) is 2. The van der Waals surface area contributed by atoms with Gasteiger partial charge in [0.05, 0.1) is 12.8 Å². The van der Waals surface area contributed by atoms with E-state index < -0.39 is 0 Å². The molecule has 1 aliphatic rings. The van der Waals surface area contributed by atoms with Gasteiger partial charge in [-0.15, -0.1) is 10.2 Å². The maximum Gasteiger partial charge on any atom is 0.319 e. The minimum atomic E-state index is -0.279. The molecule has 1 saturated heterocycles. The molecule has 1 aromatic carbocycles. The van der Waals surface area contributed by atoms with Gasteiger partial charge in [-0.3, -0.25) is 0 Å². The van der Waals surface area contributed by atoms with E-state index in [2.05, 4.69) is 20.8 Å². The Morgan fingerprint density at radius 2 is 2.08 bits per heavy atom. The molecule has 3 rings (SSSR count). The SMILES string of the molecule is COc1ccc(-c2nnc(C)o2)cc1NC(=O)NC1CCOCC1. The standard InChI is InChI=1S/C16H20N4O4/c1-10-19-20-15(24-10)11-3-4-14(22-2)13(9-11)18-16(21)17-12-5-7-23-8-6-12/h3-4,9,12H,5-8H2,1-2H3,(H2,17,18,21). The maximum absolute atomic E-state index is 12.2. The van der Waals surface area contributed by atoms with Crippen molar-refractivity contribution in [3.05, 3.63) is 24.1 Å². The van der Waals surface area contributed by atoms with Crippen molar-refractivity contribution in [2.75, 3.05) is 25.6 Å². The van der Waals surface area contributed by atoms with Crippen molar-refractivity contribution in [1.82, 2.24) is 15.5 Å². The van der Waals surface area contributed by atoms with Gasteiger partial charge in [-0.1, -0.05) is 0 Å². The highest BCUT2D eigenvalue weighted by Crippen LogP contribution is 2.30. The zero-order chi connectivity index (χ0) is 16.9. The van der Waals surface area contributed by atoms with Crippen LogP contribution in [0.2, 0.25) is 0 Å². The Bertz CT molecular complexity index is 710. The van der Waals surface area contributed by atoms with E-state index in [4.69, 9.17) is 13.9 Å². The molecule has 2 N–H and O–H groups in total. The number of aromatic nitrogens is 2. The number of hydrogen-bond acceptors (Lipinski definition) is 6. The van der Waals surface area contributed by atoms with E-state index >= 15 is 0 Å². The normalized spacial score (nSPS) is 15.1. The summed E-state index contributed by atoms with van der Waals surface area (Å²) in [5.41, 5.74) is 1.24. The first kappa shape index (κ1) is 16.3. The lowest BCUT2D eigenvalue weighted by atomic mass is 10.1. The molecular weight excluding hydrogens is 312 g/mol. The lowest BCUT2D eigenvalue weighted by molar-refractivity contribution is 0.0806. The molecular formula is C16H20N4O4. The molecule has 0 saturated carbocycles. The second-order valence-electron chi connectivity index (χ2n) is 5.53. The van der Waals surface area contributed by atoms with Crippen LogP contribution in [0, 0.1) is 6.92 Å². The van der Waals surface area contributed by atoms with Crippen LogP contribution in [-0.4, -0.2) is 42.6 Å². The van der Waals surface area contributed by atoms with Crippen LogP contribution in [0.15, 0.2) is 22.6 Å². The highest BCUT2D eigenvalue weighted by molar-refractivity contribution is 5.92. The molecule has 0 spiro atoms. The van der Waals surface area contributed by atoms with Gasteiger partial charge in [0.2, 0.25) is 11.8 Å². The lowest BCUT2D eigenvalue weighted by Gasteiger charge is -2.23. The first-order chi connectivity index (χ1) is 11.7. The van der Waals surface area contributed by atoms with Crippen LogP contribution in [0.3, 0.4) is 0 Å². The summed E-state index contributed by atoms with van der Waals surface area (Å²) in [5.74, 6) is 1.42. The van der Waals surface area contributed by atoms with Crippen LogP contribution in [0.25, 0.3) is 11.5 Å². The van der Waals surface area contributed by atoms with E-state index in [0.29, 0.717) is 42.0 Å². The Hall–Kier alpha value is -2.61. The van der Waals surface area contributed by atoms with E-state index in [1.165, 1.54) is 0 Å². The van der Waals surface area contributed by atoms with Gasteiger partial charge in [-0.2, -0.15) is 0 Å². The molecule has 1 aliphatic heterocycles. The number of carbonyl (C=O) groups excluding carboxylic acids is 1. The first-order valence-electron chi connectivity index (χ1n) is 7.79. The summed E-state index contributed by atoms with van der Waals surface area (Å²) >= 11 is 0. The van der Waals surface area contributed by atoms with Gasteiger partial charge in [0.25, 0.3) is 0 Å². The minimum Gasteiger partial charge on any atom is -0.495 e. The van der Waals surface area contributed by atoms with E-state index in [9.17, 15) is 4.79 Å². The Morgan fingerprint density at radius 3 is 2.75 bits per heavy atom. The van der Waals surface area contributed by atoms with Crippen molar-refractivity contribution in [2.24, 2.45) is 0 Å². The molecule has 24 heavy (non-hydrogen) atoms. The monoisotopic (exact) mass is 332 g/mol. The highest BCUT2D eigenvalue weighted by Gasteiger charge is 2.17. The van der Waals surface area contributed by atoms with Crippen LogP contribution in [-0.2, 0) is 4.74 Å². The van der Waals surface area contributed by atoms with Gasteiger partial charge >= 0.3 is 6.03 Å². The summed E-state index contributed by atoms with van der Waals surface area (Å²) < 4.78 is 16.0. The predicted octanol–water partition coefficient (Wildman–Crippen LogP) is 2.35. The Labute approximate surface area is 139 Å². The Morgan fingerprint density at radius 1 is 1.29 bits per heavy atom. The third-order valence-electron chi connectivity index (χ3n) is 3.78. The topological polar surface area (TPSA) is 98.5 Å². The summed E-state index contributed by atoms with van der Waals surface area (Å²) in [6.45, 7) is 3.06. The number of benzene rings is 1. The van der Waals surface area contributed by atoms with Gasteiger partial charge in [0, 0.05) is 31.7 Å². The zero-order valence-electron chi connectivity index (χ0n) is 13.7. The average molecular weight is 332 g/mol. The fourth-order valence-electron chi connectivity index (χ4n) is 2.54. The van der Waals surface area contributed by atoms with E-state index in [1.54, 1.807) is 32.2 Å². The minimum absolute atomic E-state index is 0.117. The van der Waals surface area contributed by atoms with Gasteiger partial charge in [0.15, 0.2) is 0 Å². The molecule has 2 amide bonds. The number of urea groups is 1. The van der Waals surface area contributed by atoms with Crippen LogP contribution < -0.4 is 15.4 Å². The summed E-state index contributed by atoms with van der Waals surface area (Å²) in [7, 11) is 1.55. The molecule has 2 heterocycles. The van der Waals surface area contributed by atoms with Crippen molar-refractivity contribution < 1.29 is 18.7 Å². The average Bonchev–Trinajstić information content (AvgIpc) is 3.02. The van der Waals surface area contributed by atoms with Crippen LogP contribution >= 0.6 is 0 Å². The number of methoxy groups -OCH3 is 1. The van der Waals surface area contributed by atoms with Gasteiger partial charge in [-0.25, -0.2) is 4.79 Å². The smallest absolute Gasteiger partial charge is 0.319 e. The molecule has 0 aliphatic carbocycles. The predicted molar refractivity (Wildman–Crippen MR) is 87.0 cm³/mol. The number of aryl methyl sites for hydroxylation is 1. The molecule has 0 unspecified atom stereocenters. The molecule has 0 atom stereocenters. The first-order valence-corrected chi connectivity index (χ1v) is 7.79. The molecule has 8 nitrogen and oxygen atoms in total. The van der Waals surface area contributed by atoms with E-state index in [0.717, 1.165) is 12.8 Å². The van der Waals surface area contributed by atoms with Crippen LogP contribution in [0.1, 0.15) is 18.7 Å². The number of anilines is 1. The summed E-state index contributed by atoms with van der Waals surface area (Å²) in [6.07, 6.45) is 1.62. The largest absolute Gasteiger partial charge is 0.495 e. The van der Waals surface area contributed by atoms with Gasteiger partial charge in [0.1, 0.15) is 5.75 Å². The van der Waals surface area contributed by atoms with Gasteiger partial charge in [-0.05, 0) is 31.0 Å². The Kier molecular flexibility index (Phi) is 4.95. The summed E-state index contributed by atoms with van der Waals surface area (Å²) in [6, 6.07) is 5.13. The summed E-state index contributed by atoms with van der Waals surface area (Å²) in [4.78, 5) is 12.2. The van der Waals surface area contributed by atoms with Gasteiger partial charge < -0.3 is 24.5 Å². The van der Waals surface area contributed by atoms with Crippen LogP contribution in [0.5, 0.6) is 5.75 Å². The van der Waals surface area contributed by atoms with Crippen molar-refractivity contribution in [2.45, 2.75) is 25.8 Å². The van der Waals surface area contributed by atoms with Crippen molar-refractivity contribution >= 4 is 11.7 Å². The number of rotatable bonds is 4. The number of carbonyl (C=O) groups is 1. The van der Waals surface area contributed by atoms with Crippen molar-refractivity contribution in [3.8, 4) is 17.2 Å². The third kappa shape index (κ3) is 3.83. The quantitative estimate of drug-likeness (QED) is 0.892. The molecule has 128 valence electrons. The molecule has 2 aromatic rings. The highest BCUT2D eigenvalue weighted by atomic mass is 16.5. The molecule has 0 radical (unpaired) electrons. The van der Waals surface area contributed by atoms with Crippen LogP contribution in [0.4, 0.5) is 10.5 Å². The lowest BCUT2D eigenvalue weighted by Crippen LogP contribution is -2.41. The number of hydrogen-bond donors (Lipinski definition) is 2. The van der Waals surface area contributed by atoms with Crippen molar-refractivity contribution in [3.63, 3.8) is 0 Å². The second kappa shape index (κ2) is 7.31.